The third kappa shape index (κ3) is 5.54. The lowest BCUT2D eigenvalue weighted by atomic mass is 9.95. The number of rotatable bonds is 6. The van der Waals surface area contributed by atoms with Crippen molar-refractivity contribution >= 4 is 0 Å². The Hall–Kier alpha value is -0.120. The van der Waals surface area contributed by atoms with Gasteiger partial charge in [0, 0.05) is 38.3 Å². The number of ether oxygens (including phenoxy) is 1. The fraction of sp³-hybridized carbons (Fsp3) is 1.00. The fourth-order valence-corrected chi connectivity index (χ4v) is 3.85. The summed E-state index contributed by atoms with van der Waals surface area (Å²) in [5.74, 6) is 1.72. The summed E-state index contributed by atoms with van der Waals surface area (Å²) in [7, 11) is 0. The molecule has 0 spiro atoms. The van der Waals surface area contributed by atoms with E-state index < -0.39 is 0 Å². The molecule has 0 N–H and O–H groups in total. The lowest BCUT2D eigenvalue weighted by Crippen LogP contribution is -2.44. The third-order valence-corrected chi connectivity index (χ3v) is 5.54. The number of hydrogen-bond acceptors (Lipinski definition) is 3. The van der Waals surface area contributed by atoms with Gasteiger partial charge >= 0.3 is 0 Å². The Balaban J connectivity index is 1.57. The first kappa shape index (κ1) is 17.2. The number of hydrogen-bond donors (Lipinski definition) is 0. The zero-order chi connectivity index (χ0) is 15.2. The van der Waals surface area contributed by atoms with Crippen molar-refractivity contribution in [2.75, 3.05) is 39.4 Å². The second-order valence-corrected chi connectivity index (χ2v) is 7.67. The molecule has 0 saturated carbocycles. The summed E-state index contributed by atoms with van der Waals surface area (Å²) in [6, 6.07) is 1.49. The van der Waals surface area contributed by atoms with E-state index in [0.29, 0.717) is 0 Å². The highest BCUT2D eigenvalue weighted by Crippen LogP contribution is 2.21. The average molecular weight is 296 g/mol. The first-order valence-electron chi connectivity index (χ1n) is 9.12. The normalized spacial score (nSPS) is 36.0. The highest BCUT2D eigenvalue weighted by Gasteiger charge is 2.23. The molecule has 2 heterocycles. The van der Waals surface area contributed by atoms with Crippen molar-refractivity contribution in [2.24, 2.45) is 11.8 Å². The van der Waals surface area contributed by atoms with Crippen LogP contribution in [0.5, 0.6) is 0 Å². The van der Waals surface area contributed by atoms with E-state index in [2.05, 4.69) is 37.5 Å². The highest BCUT2D eigenvalue weighted by molar-refractivity contribution is 4.77. The van der Waals surface area contributed by atoms with Crippen LogP contribution >= 0.6 is 0 Å². The first-order chi connectivity index (χ1) is 10.1. The minimum absolute atomic E-state index is 0.743. The topological polar surface area (TPSA) is 15.7 Å². The molecule has 2 aliphatic heterocycles. The summed E-state index contributed by atoms with van der Waals surface area (Å²) >= 11 is 0. The molecule has 2 fully saturated rings. The molecule has 0 aromatic carbocycles. The van der Waals surface area contributed by atoms with E-state index in [9.17, 15) is 0 Å². The van der Waals surface area contributed by atoms with Crippen molar-refractivity contribution in [3.05, 3.63) is 0 Å². The van der Waals surface area contributed by atoms with Crippen LogP contribution in [0.15, 0.2) is 0 Å². The quantitative estimate of drug-likeness (QED) is 0.700. The summed E-state index contributed by atoms with van der Waals surface area (Å²) in [5, 5.41) is 0. The van der Waals surface area contributed by atoms with Crippen LogP contribution in [0.2, 0.25) is 0 Å². The van der Waals surface area contributed by atoms with Gasteiger partial charge in [0.2, 0.25) is 0 Å². The zero-order valence-corrected chi connectivity index (χ0v) is 14.7. The molecule has 0 bridgehead atoms. The minimum atomic E-state index is 0.743. The maximum Gasteiger partial charge on any atom is 0.0594 e. The molecule has 2 saturated heterocycles. The van der Waals surface area contributed by atoms with Crippen LogP contribution in [0.3, 0.4) is 0 Å². The molecule has 4 atom stereocenters. The molecule has 21 heavy (non-hydrogen) atoms. The van der Waals surface area contributed by atoms with E-state index in [4.69, 9.17) is 4.74 Å². The van der Waals surface area contributed by atoms with Gasteiger partial charge in [-0.25, -0.2) is 0 Å². The number of likely N-dealkylation sites (tertiary alicyclic amines) is 2. The van der Waals surface area contributed by atoms with Crippen LogP contribution in [0.25, 0.3) is 0 Å². The van der Waals surface area contributed by atoms with Crippen molar-refractivity contribution in [3.8, 4) is 0 Å². The van der Waals surface area contributed by atoms with Gasteiger partial charge in [-0.15, -0.1) is 0 Å². The maximum absolute atomic E-state index is 5.92. The second-order valence-electron chi connectivity index (χ2n) is 7.67. The van der Waals surface area contributed by atoms with Gasteiger partial charge in [0.25, 0.3) is 0 Å². The van der Waals surface area contributed by atoms with Crippen molar-refractivity contribution in [2.45, 2.75) is 65.5 Å². The second kappa shape index (κ2) is 8.50. The van der Waals surface area contributed by atoms with E-state index in [-0.39, 0.29) is 0 Å². The zero-order valence-electron chi connectivity index (χ0n) is 14.7. The summed E-state index contributed by atoms with van der Waals surface area (Å²) in [4.78, 5) is 5.22. The smallest absolute Gasteiger partial charge is 0.0594 e. The number of nitrogens with zero attached hydrogens (tertiary/aromatic N) is 2. The van der Waals surface area contributed by atoms with Crippen molar-refractivity contribution in [1.82, 2.24) is 9.80 Å². The number of piperidine rings is 2. The Morgan fingerprint density at radius 3 is 1.57 bits per heavy atom. The van der Waals surface area contributed by atoms with Gasteiger partial charge in [0.15, 0.2) is 0 Å². The van der Waals surface area contributed by atoms with Crippen molar-refractivity contribution < 1.29 is 4.74 Å². The lowest BCUT2D eigenvalue weighted by Gasteiger charge is -2.37. The molecule has 0 aliphatic carbocycles. The molecule has 124 valence electrons. The van der Waals surface area contributed by atoms with Gasteiger partial charge in [-0.05, 0) is 51.4 Å². The average Bonchev–Trinajstić information content (AvgIpc) is 2.45. The van der Waals surface area contributed by atoms with Gasteiger partial charge < -0.3 is 4.74 Å². The van der Waals surface area contributed by atoms with E-state index in [1.807, 2.05) is 0 Å². The Labute approximate surface area is 132 Å². The van der Waals surface area contributed by atoms with E-state index >= 15 is 0 Å². The molecule has 3 nitrogen and oxygen atoms in total. The van der Waals surface area contributed by atoms with Gasteiger partial charge in [-0.1, -0.05) is 13.8 Å². The minimum Gasteiger partial charge on any atom is -0.379 e. The molecule has 0 aromatic heterocycles. The molecule has 0 radical (unpaired) electrons. The molecule has 0 amide bonds. The molecule has 0 aromatic rings. The SMILES string of the molecule is CC1CCC(C)N(CCOCCN2CC(C)CCC2C)C1. The summed E-state index contributed by atoms with van der Waals surface area (Å²) in [6.07, 6.45) is 5.49. The molecule has 3 heteroatoms. The predicted molar refractivity (Wildman–Crippen MR) is 89.7 cm³/mol. The van der Waals surface area contributed by atoms with E-state index in [1.165, 1.54) is 38.8 Å². The lowest BCUT2D eigenvalue weighted by molar-refractivity contribution is 0.0377. The molecular weight excluding hydrogens is 260 g/mol. The van der Waals surface area contributed by atoms with E-state index in [1.54, 1.807) is 0 Å². The van der Waals surface area contributed by atoms with Gasteiger partial charge in [-0.3, -0.25) is 9.80 Å². The molecule has 4 unspecified atom stereocenters. The van der Waals surface area contributed by atoms with Crippen LogP contribution < -0.4 is 0 Å². The molecule has 2 aliphatic rings. The Morgan fingerprint density at radius 1 is 0.714 bits per heavy atom. The van der Waals surface area contributed by atoms with Crippen molar-refractivity contribution in [1.29, 1.82) is 0 Å². The van der Waals surface area contributed by atoms with Crippen LogP contribution in [0.1, 0.15) is 53.4 Å². The monoisotopic (exact) mass is 296 g/mol. The highest BCUT2D eigenvalue weighted by atomic mass is 16.5. The summed E-state index contributed by atoms with van der Waals surface area (Å²) < 4.78 is 5.92. The largest absolute Gasteiger partial charge is 0.379 e. The van der Waals surface area contributed by atoms with Crippen LogP contribution in [0.4, 0.5) is 0 Å². The Kier molecular flexibility index (Phi) is 6.97. The first-order valence-corrected chi connectivity index (χ1v) is 9.12. The molecular formula is C18H36N2O. The standard InChI is InChI=1S/C18H36N2O/c1-15-5-7-17(3)19(13-15)9-11-21-12-10-20-14-16(2)6-8-18(20)4/h15-18H,5-14H2,1-4H3. The molecule has 2 rings (SSSR count). The van der Waals surface area contributed by atoms with Crippen LogP contribution in [0, 0.1) is 11.8 Å². The fourth-order valence-electron chi connectivity index (χ4n) is 3.85. The Bertz CT molecular complexity index is 269. The Morgan fingerprint density at radius 2 is 1.14 bits per heavy atom. The summed E-state index contributed by atoms with van der Waals surface area (Å²) in [6.45, 7) is 16.0. The van der Waals surface area contributed by atoms with Crippen molar-refractivity contribution in [3.63, 3.8) is 0 Å². The van der Waals surface area contributed by atoms with E-state index in [0.717, 1.165) is 50.2 Å². The van der Waals surface area contributed by atoms with Gasteiger partial charge in [0.05, 0.1) is 13.2 Å². The van der Waals surface area contributed by atoms with Crippen LogP contribution in [-0.2, 0) is 4.74 Å². The van der Waals surface area contributed by atoms with Gasteiger partial charge in [-0.2, -0.15) is 0 Å². The van der Waals surface area contributed by atoms with Crippen LogP contribution in [-0.4, -0.2) is 61.3 Å². The predicted octanol–water partition coefficient (Wildman–Crippen LogP) is 3.24. The maximum atomic E-state index is 5.92. The van der Waals surface area contributed by atoms with Gasteiger partial charge in [0.1, 0.15) is 0 Å². The third-order valence-electron chi connectivity index (χ3n) is 5.54. The summed E-state index contributed by atoms with van der Waals surface area (Å²) in [5.41, 5.74) is 0.